The number of nitrogens with one attached hydrogen (secondary N) is 1. The molecule has 3 N–H and O–H groups in total. The summed E-state index contributed by atoms with van der Waals surface area (Å²) in [6.07, 6.45) is 2.16. The van der Waals surface area contributed by atoms with Crippen molar-refractivity contribution in [3.8, 4) is 11.4 Å². The number of aliphatic hydroxyl groups excluding tert-OH is 1. The van der Waals surface area contributed by atoms with Crippen molar-refractivity contribution in [3.05, 3.63) is 41.5 Å². The molecule has 1 aromatic carbocycles. The number of aromatic nitrogens is 2. The summed E-state index contributed by atoms with van der Waals surface area (Å²) in [4.78, 5) is 12.4. The number of benzene rings is 1. The number of aliphatic hydroxyl groups is 1. The summed E-state index contributed by atoms with van der Waals surface area (Å²) < 4.78 is 19.9. The van der Waals surface area contributed by atoms with Crippen LogP contribution in [0.3, 0.4) is 0 Å². The van der Waals surface area contributed by atoms with Crippen LogP contribution in [0, 0.1) is 24.6 Å². The first-order chi connectivity index (χ1) is 12.5. The predicted molar refractivity (Wildman–Crippen MR) is 91.8 cm³/mol. The Hall–Kier alpha value is -2.45. The minimum Gasteiger partial charge on any atom is -0.504 e. The lowest BCUT2D eigenvalue weighted by Crippen LogP contribution is -2.35. The number of ether oxygens (including phenoxy) is 1. The molecule has 1 aliphatic heterocycles. The maximum absolute atomic E-state index is 13.2. The quantitative estimate of drug-likeness (QED) is 0.721. The highest BCUT2D eigenvalue weighted by Gasteiger charge is 2.26. The zero-order valence-corrected chi connectivity index (χ0v) is 14.5. The fraction of sp³-hybridized carbons (Fsp3) is 0.444. The van der Waals surface area contributed by atoms with E-state index in [-0.39, 0.29) is 42.2 Å². The third-order valence-corrected chi connectivity index (χ3v) is 4.71. The number of nitrogens with zero attached hydrogens (tertiary/aromatic N) is 2. The van der Waals surface area contributed by atoms with Gasteiger partial charge in [0.1, 0.15) is 5.82 Å². The molecule has 1 saturated heterocycles. The van der Waals surface area contributed by atoms with Crippen molar-refractivity contribution < 1.29 is 24.1 Å². The van der Waals surface area contributed by atoms with Crippen LogP contribution < -0.4 is 5.32 Å². The van der Waals surface area contributed by atoms with Crippen LogP contribution in [0.2, 0.25) is 0 Å². The highest BCUT2D eigenvalue weighted by Crippen LogP contribution is 2.23. The van der Waals surface area contributed by atoms with Crippen LogP contribution in [0.5, 0.6) is 5.75 Å². The Balaban J connectivity index is 1.70. The number of carbonyl (C=O) groups is 1. The first-order valence-corrected chi connectivity index (χ1v) is 8.51. The summed E-state index contributed by atoms with van der Waals surface area (Å²) in [5, 5.41) is 26.4. The number of amides is 1. The lowest BCUT2D eigenvalue weighted by atomic mass is 9.92. The van der Waals surface area contributed by atoms with Crippen LogP contribution in [-0.2, 0) is 4.74 Å². The Morgan fingerprint density at radius 2 is 2.35 bits per heavy atom. The van der Waals surface area contributed by atoms with Gasteiger partial charge in [0.25, 0.3) is 5.91 Å². The molecule has 2 atom stereocenters. The van der Waals surface area contributed by atoms with E-state index in [9.17, 15) is 19.4 Å². The second-order valence-electron chi connectivity index (χ2n) is 6.51. The van der Waals surface area contributed by atoms with Crippen molar-refractivity contribution in [2.45, 2.75) is 13.3 Å². The molecule has 0 unspecified atom stereocenters. The molecule has 140 valence electrons. The van der Waals surface area contributed by atoms with Crippen molar-refractivity contribution in [1.82, 2.24) is 15.1 Å². The van der Waals surface area contributed by atoms with E-state index >= 15 is 0 Å². The Morgan fingerprint density at radius 3 is 3.00 bits per heavy atom. The van der Waals surface area contributed by atoms with E-state index in [4.69, 9.17) is 4.74 Å². The lowest BCUT2D eigenvalue weighted by molar-refractivity contribution is 0.0910. The van der Waals surface area contributed by atoms with Gasteiger partial charge in [0.05, 0.1) is 11.9 Å². The van der Waals surface area contributed by atoms with Crippen molar-refractivity contribution >= 4 is 5.91 Å². The Morgan fingerprint density at radius 1 is 1.54 bits per heavy atom. The molecule has 0 bridgehead atoms. The van der Waals surface area contributed by atoms with Crippen molar-refractivity contribution in [3.63, 3.8) is 0 Å². The molecule has 1 amide bonds. The first-order valence-electron chi connectivity index (χ1n) is 8.51. The van der Waals surface area contributed by atoms with Crippen LogP contribution in [0.25, 0.3) is 5.69 Å². The minimum atomic E-state index is -0.529. The molecule has 7 nitrogen and oxygen atoms in total. The second kappa shape index (κ2) is 7.84. The molecule has 1 aliphatic rings. The summed E-state index contributed by atoms with van der Waals surface area (Å²) in [5.41, 5.74) is 1.08. The highest BCUT2D eigenvalue weighted by molar-refractivity contribution is 5.94. The van der Waals surface area contributed by atoms with Crippen LogP contribution in [-0.4, -0.2) is 52.3 Å². The third-order valence-electron chi connectivity index (χ3n) is 4.71. The average molecular weight is 363 g/mol. The topological polar surface area (TPSA) is 96.6 Å². The zero-order valence-electron chi connectivity index (χ0n) is 14.5. The number of hydrogen-bond acceptors (Lipinski definition) is 5. The Bertz CT molecular complexity index is 787. The molecular formula is C18H22FN3O4. The third kappa shape index (κ3) is 3.86. The van der Waals surface area contributed by atoms with Crippen LogP contribution in [0.15, 0.2) is 24.4 Å². The Kier molecular flexibility index (Phi) is 5.53. The molecule has 3 rings (SSSR count). The first kappa shape index (κ1) is 18.3. The van der Waals surface area contributed by atoms with E-state index in [1.165, 1.54) is 29.1 Å². The van der Waals surface area contributed by atoms with E-state index in [0.29, 0.717) is 24.5 Å². The minimum absolute atomic E-state index is 0.0521. The molecule has 0 spiro atoms. The fourth-order valence-corrected chi connectivity index (χ4v) is 3.14. The molecule has 1 aromatic heterocycles. The molecule has 2 heterocycles. The van der Waals surface area contributed by atoms with E-state index in [2.05, 4.69) is 10.4 Å². The van der Waals surface area contributed by atoms with Crippen molar-refractivity contribution in [2.75, 3.05) is 26.4 Å². The average Bonchev–Trinajstić information content (AvgIpc) is 3.25. The van der Waals surface area contributed by atoms with Crippen molar-refractivity contribution in [2.24, 2.45) is 11.8 Å². The van der Waals surface area contributed by atoms with Gasteiger partial charge in [-0.05, 0) is 43.0 Å². The Labute approximate surface area is 150 Å². The molecule has 1 fully saturated rings. The normalized spacial score (nSPS) is 18.0. The number of carbonyl (C=O) groups excluding carboxylic acids is 1. The molecule has 2 aromatic rings. The molecule has 0 radical (unpaired) electrons. The standard InChI is InChI=1S/C18H22FN3O4/c1-11-6-14(19)2-3-15(11)22-8-16(24)17(21-22)18(25)20-7-13(9-23)12-4-5-26-10-12/h2-3,6,8,12-13,23-24H,4-5,7,9-10H2,1H3,(H,20,25)/t12-,13-/m0/s1. The van der Waals surface area contributed by atoms with Gasteiger partial charge in [0, 0.05) is 32.3 Å². The fourth-order valence-electron chi connectivity index (χ4n) is 3.14. The van der Waals surface area contributed by atoms with Gasteiger partial charge in [-0.2, -0.15) is 5.10 Å². The molecule has 26 heavy (non-hydrogen) atoms. The van der Waals surface area contributed by atoms with Crippen LogP contribution in [0.1, 0.15) is 22.5 Å². The maximum atomic E-state index is 13.2. The lowest BCUT2D eigenvalue weighted by Gasteiger charge is -2.20. The van der Waals surface area contributed by atoms with Gasteiger partial charge >= 0.3 is 0 Å². The summed E-state index contributed by atoms with van der Waals surface area (Å²) >= 11 is 0. The SMILES string of the molecule is Cc1cc(F)ccc1-n1cc(O)c(C(=O)NC[C@@H](CO)[C@H]2CCOC2)n1. The summed E-state index contributed by atoms with van der Waals surface area (Å²) in [7, 11) is 0. The van der Waals surface area contributed by atoms with Gasteiger partial charge < -0.3 is 20.3 Å². The van der Waals surface area contributed by atoms with E-state index in [1.807, 2.05) is 0 Å². The monoisotopic (exact) mass is 363 g/mol. The number of aryl methyl sites for hydroxylation is 1. The zero-order chi connectivity index (χ0) is 18.7. The second-order valence-corrected chi connectivity index (χ2v) is 6.51. The smallest absolute Gasteiger partial charge is 0.275 e. The molecular weight excluding hydrogens is 341 g/mol. The van der Waals surface area contributed by atoms with Gasteiger partial charge in [-0.3, -0.25) is 4.79 Å². The van der Waals surface area contributed by atoms with Crippen LogP contribution >= 0.6 is 0 Å². The molecule has 0 aliphatic carbocycles. The van der Waals surface area contributed by atoms with E-state index in [0.717, 1.165) is 6.42 Å². The molecule has 8 heteroatoms. The maximum Gasteiger partial charge on any atom is 0.275 e. The summed E-state index contributed by atoms with van der Waals surface area (Å²) in [5.74, 6) is -1.07. The van der Waals surface area contributed by atoms with Gasteiger partial charge in [-0.25, -0.2) is 9.07 Å². The van der Waals surface area contributed by atoms with Gasteiger partial charge in [0.2, 0.25) is 0 Å². The van der Waals surface area contributed by atoms with Crippen LogP contribution in [0.4, 0.5) is 4.39 Å². The number of rotatable bonds is 6. The van der Waals surface area contributed by atoms with E-state index < -0.39 is 5.91 Å². The number of halogens is 1. The molecule has 0 saturated carbocycles. The summed E-state index contributed by atoms with van der Waals surface area (Å²) in [6, 6.07) is 4.17. The highest BCUT2D eigenvalue weighted by atomic mass is 19.1. The van der Waals surface area contributed by atoms with Gasteiger partial charge in [-0.1, -0.05) is 0 Å². The van der Waals surface area contributed by atoms with E-state index in [1.54, 1.807) is 6.92 Å². The van der Waals surface area contributed by atoms with Crippen molar-refractivity contribution in [1.29, 1.82) is 0 Å². The van der Waals surface area contributed by atoms with Gasteiger partial charge in [0.15, 0.2) is 11.4 Å². The van der Waals surface area contributed by atoms with Gasteiger partial charge in [-0.15, -0.1) is 0 Å². The largest absolute Gasteiger partial charge is 0.504 e. The number of aromatic hydroxyl groups is 1. The predicted octanol–water partition coefficient (Wildman–Crippen LogP) is 1.40. The summed E-state index contributed by atoms with van der Waals surface area (Å²) in [6.45, 7) is 3.17. The number of hydrogen-bond donors (Lipinski definition) is 3.